The lowest BCUT2D eigenvalue weighted by Crippen LogP contribution is -2.63. The number of nitrogens with one attached hydrogen (secondary N) is 1. The lowest BCUT2D eigenvalue weighted by Gasteiger charge is -2.53. The molecule has 7 atom stereocenters. The normalized spacial score (nSPS) is 34.7. The number of anilines is 1. The average Bonchev–Trinajstić information content (AvgIpc) is 3.29. The zero-order valence-electron chi connectivity index (χ0n) is 31.9. The summed E-state index contributed by atoms with van der Waals surface area (Å²) in [4.78, 5) is 33.9. The molecular formula is C42H55ClN4O6S. The van der Waals surface area contributed by atoms with Crippen LogP contribution in [0.4, 0.5) is 5.69 Å². The Morgan fingerprint density at radius 1 is 1.04 bits per heavy atom. The van der Waals surface area contributed by atoms with Gasteiger partial charge in [-0.1, -0.05) is 36.7 Å². The van der Waals surface area contributed by atoms with Gasteiger partial charge in [0.1, 0.15) is 11.4 Å². The molecule has 2 amide bonds. The highest BCUT2D eigenvalue weighted by Gasteiger charge is 2.51. The summed E-state index contributed by atoms with van der Waals surface area (Å²) in [6.45, 7) is 8.12. The molecule has 54 heavy (non-hydrogen) atoms. The molecule has 10 nitrogen and oxygen atoms in total. The Balaban J connectivity index is 1.19. The van der Waals surface area contributed by atoms with E-state index in [1.54, 1.807) is 20.1 Å². The lowest BCUT2D eigenvalue weighted by atomic mass is 9.63. The van der Waals surface area contributed by atoms with Crippen LogP contribution in [-0.4, -0.2) is 99.9 Å². The van der Waals surface area contributed by atoms with Crippen molar-refractivity contribution in [3.8, 4) is 5.75 Å². The number of ether oxygens (including phenoxy) is 2. The highest BCUT2D eigenvalue weighted by molar-refractivity contribution is 7.90. The third-order valence-corrected chi connectivity index (χ3v) is 16.0. The van der Waals surface area contributed by atoms with Crippen molar-refractivity contribution in [2.24, 2.45) is 17.8 Å². The minimum absolute atomic E-state index is 0.162. The highest BCUT2D eigenvalue weighted by atomic mass is 35.5. The molecular weight excluding hydrogens is 724 g/mol. The molecule has 2 aromatic rings. The topological polar surface area (TPSA) is 108 Å². The smallest absolute Gasteiger partial charge is 0.264 e. The molecule has 12 heteroatoms. The zero-order valence-corrected chi connectivity index (χ0v) is 33.5. The maximum atomic E-state index is 13.7. The first kappa shape index (κ1) is 37.8. The summed E-state index contributed by atoms with van der Waals surface area (Å²) in [5.74, 6) is 0.413. The van der Waals surface area contributed by atoms with Crippen molar-refractivity contribution >= 4 is 39.1 Å². The third-order valence-electron chi connectivity index (χ3n) is 13.9. The van der Waals surface area contributed by atoms with Crippen molar-refractivity contribution in [3.63, 3.8) is 0 Å². The number of carbonyl (C=O) groups is 2. The Morgan fingerprint density at radius 3 is 2.69 bits per heavy atom. The number of benzene rings is 2. The van der Waals surface area contributed by atoms with E-state index in [0.717, 1.165) is 81.7 Å². The van der Waals surface area contributed by atoms with Crippen LogP contribution < -0.4 is 14.4 Å². The number of amides is 2. The van der Waals surface area contributed by atoms with E-state index < -0.39 is 26.8 Å². The van der Waals surface area contributed by atoms with Crippen LogP contribution in [0.1, 0.15) is 86.7 Å². The number of fused-ring (bicyclic) bond motifs is 5. The minimum atomic E-state index is -3.99. The molecule has 3 fully saturated rings. The van der Waals surface area contributed by atoms with Crippen LogP contribution in [0.2, 0.25) is 5.02 Å². The fourth-order valence-electron chi connectivity index (χ4n) is 10.4. The number of allylic oxidation sites excluding steroid dienone is 1. The molecule has 8 rings (SSSR count). The van der Waals surface area contributed by atoms with Gasteiger partial charge in [0.2, 0.25) is 15.9 Å². The quantitative estimate of drug-likeness (QED) is 0.381. The number of rotatable bonds is 3. The van der Waals surface area contributed by atoms with E-state index in [4.69, 9.17) is 21.1 Å². The van der Waals surface area contributed by atoms with Crippen molar-refractivity contribution in [1.29, 1.82) is 0 Å². The van der Waals surface area contributed by atoms with Gasteiger partial charge in [-0.15, -0.1) is 0 Å². The second-order valence-electron chi connectivity index (χ2n) is 17.1. The summed E-state index contributed by atoms with van der Waals surface area (Å²) in [6, 6.07) is 11.8. The van der Waals surface area contributed by atoms with Crippen molar-refractivity contribution in [2.75, 3.05) is 57.9 Å². The number of carbonyl (C=O) groups excluding carboxylic acids is 2. The number of nitrogens with zero attached hydrogens (tertiary/aromatic N) is 3. The standard InChI is InChI=1S/C42H55ClN4O6S/c1-28-8-6-18-42(52-3,26-45-23-34-10-4-5-19-47(34)39(48)24-45)36-14-11-32(36)22-46-25-41(17-7-9-30-20-33(43)13-15-35(30)41)27-53-38-16-12-31(21-37(38)46)40(49)44-54(50,51)29(28)2/h6,12-13,15-16,18,20-21,28-29,32,34,36H,4-5,7-11,14,17,19,22-27H2,1-3H3,(H,44,49)/b18-6+/t28-,29+,32-,34+,36+,41-,42-/m0/s1. The van der Waals surface area contributed by atoms with Gasteiger partial charge in [-0.3, -0.25) is 14.5 Å². The van der Waals surface area contributed by atoms with Gasteiger partial charge in [0.05, 0.1) is 24.1 Å². The molecule has 0 unspecified atom stereocenters. The Bertz CT molecular complexity index is 1920. The number of hydrogen-bond donors (Lipinski definition) is 1. The van der Waals surface area contributed by atoms with Gasteiger partial charge in [0.25, 0.3) is 5.91 Å². The number of piperazine rings is 1. The number of piperidine rings is 1. The minimum Gasteiger partial charge on any atom is -0.490 e. The van der Waals surface area contributed by atoms with E-state index in [1.165, 1.54) is 11.1 Å². The van der Waals surface area contributed by atoms with Crippen molar-refractivity contribution in [3.05, 3.63) is 70.3 Å². The Labute approximate surface area is 325 Å². The van der Waals surface area contributed by atoms with Crippen LogP contribution in [0.25, 0.3) is 0 Å². The largest absolute Gasteiger partial charge is 0.490 e. The zero-order chi connectivity index (χ0) is 37.8. The second kappa shape index (κ2) is 14.8. The van der Waals surface area contributed by atoms with Gasteiger partial charge in [-0.25, -0.2) is 13.1 Å². The Morgan fingerprint density at radius 2 is 1.89 bits per heavy atom. The van der Waals surface area contributed by atoms with Gasteiger partial charge in [0.15, 0.2) is 0 Å². The fraction of sp³-hybridized carbons (Fsp3) is 0.619. The molecule has 2 saturated heterocycles. The molecule has 6 aliphatic rings. The molecule has 2 aliphatic carbocycles. The fourth-order valence-corrected chi connectivity index (χ4v) is 11.9. The van der Waals surface area contributed by atoms with Crippen LogP contribution in [0.3, 0.4) is 0 Å². The molecule has 4 aliphatic heterocycles. The molecule has 2 aromatic carbocycles. The molecule has 292 valence electrons. The molecule has 0 radical (unpaired) electrons. The molecule has 4 heterocycles. The van der Waals surface area contributed by atoms with Crippen molar-refractivity contribution in [1.82, 2.24) is 14.5 Å². The highest BCUT2D eigenvalue weighted by Crippen LogP contribution is 2.49. The van der Waals surface area contributed by atoms with E-state index >= 15 is 0 Å². The van der Waals surface area contributed by atoms with Gasteiger partial charge in [0, 0.05) is 61.9 Å². The number of methoxy groups -OCH3 is 1. The van der Waals surface area contributed by atoms with Gasteiger partial charge >= 0.3 is 0 Å². The second-order valence-corrected chi connectivity index (χ2v) is 19.6. The molecule has 1 N–H and O–H groups in total. The van der Waals surface area contributed by atoms with E-state index in [0.29, 0.717) is 38.4 Å². The molecule has 0 aromatic heterocycles. The van der Waals surface area contributed by atoms with Gasteiger partial charge < -0.3 is 19.3 Å². The monoisotopic (exact) mass is 778 g/mol. The van der Waals surface area contributed by atoms with Crippen LogP contribution in [-0.2, 0) is 31.4 Å². The molecule has 2 bridgehead atoms. The first-order valence-electron chi connectivity index (χ1n) is 20.0. The maximum absolute atomic E-state index is 13.7. The number of hydrogen-bond acceptors (Lipinski definition) is 8. The predicted molar refractivity (Wildman–Crippen MR) is 211 cm³/mol. The summed E-state index contributed by atoms with van der Waals surface area (Å²) >= 11 is 6.50. The SMILES string of the molecule is CO[C@]1(CN2CC(=O)N3CCCC[C@@H]3C2)/C=C/C[C@H](C)[C@@H](C)S(=O)(=O)NC(=O)c2ccc3c(c2)N(C[C@@H]2CC[C@H]21)C[C@@]1(CCCc2cc(Cl)ccc21)CO3. The van der Waals surface area contributed by atoms with Gasteiger partial charge in [-0.05, 0) is 124 Å². The summed E-state index contributed by atoms with van der Waals surface area (Å²) in [7, 11) is -2.20. The van der Waals surface area contributed by atoms with Crippen LogP contribution in [0.5, 0.6) is 5.75 Å². The number of sulfonamides is 1. The molecule has 1 saturated carbocycles. The summed E-state index contributed by atoms with van der Waals surface area (Å²) in [5, 5.41) is -0.0828. The van der Waals surface area contributed by atoms with Crippen LogP contribution in [0, 0.1) is 17.8 Å². The predicted octanol–water partition coefficient (Wildman–Crippen LogP) is 5.97. The van der Waals surface area contributed by atoms with E-state index in [2.05, 4.69) is 43.7 Å². The van der Waals surface area contributed by atoms with Crippen molar-refractivity contribution in [2.45, 2.75) is 93.9 Å². The van der Waals surface area contributed by atoms with E-state index in [-0.39, 0.29) is 40.7 Å². The summed E-state index contributed by atoms with van der Waals surface area (Å²) < 4.78 is 43.0. The third kappa shape index (κ3) is 6.96. The molecule has 1 spiro atoms. The lowest BCUT2D eigenvalue weighted by molar-refractivity contribution is -0.146. The number of aryl methyl sites for hydroxylation is 1. The van der Waals surface area contributed by atoms with Crippen LogP contribution in [0.15, 0.2) is 48.6 Å². The summed E-state index contributed by atoms with van der Waals surface area (Å²) in [6.07, 6.45) is 12.9. The van der Waals surface area contributed by atoms with Gasteiger partial charge in [-0.2, -0.15) is 0 Å². The average molecular weight is 779 g/mol. The summed E-state index contributed by atoms with van der Waals surface area (Å²) in [5.41, 5.74) is 2.63. The Kier molecular flexibility index (Phi) is 10.3. The van der Waals surface area contributed by atoms with Crippen molar-refractivity contribution < 1.29 is 27.5 Å². The van der Waals surface area contributed by atoms with Crippen LogP contribution >= 0.6 is 11.6 Å². The Hall–Kier alpha value is -3.12. The maximum Gasteiger partial charge on any atom is 0.264 e. The first-order chi connectivity index (χ1) is 25.9. The van der Waals surface area contributed by atoms with E-state index in [1.807, 2.05) is 25.1 Å². The first-order valence-corrected chi connectivity index (χ1v) is 21.9. The number of halogens is 1. The van der Waals surface area contributed by atoms with E-state index in [9.17, 15) is 18.0 Å².